The average molecular weight is 441 g/mol. The van der Waals surface area contributed by atoms with Gasteiger partial charge in [-0.1, -0.05) is 12.8 Å². The van der Waals surface area contributed by atoms with E-state index in [0.717, 1.165) is 30.2 Å². The molecular formula is C22H28N6O4. The van der Waals surface area contributed by atoms with E-state index in [1.54, 1.807) is 24.5 Å². The standard InChI is InChI=1S/C22H28N6O4/c23-19(29)16(9-13-2-1-6-25-20(13)30)27-21(31)17(8-12-3-4-12)28-22(32)18-10-14-11-24-7-5-15(14)26-18/h5,7,10-13,16-17,26H,1-4,6,8-9H2,(H2,23,29)(H,25,30)(H,27,31)(H,28,32). The summed E-state index contributed by atoms with van der Waals surface area (Å²) in [6.07, 6.45) is 7.36. The third-order valence-corrected chi connectivity index (χ3v) is 6.13. The van der Waals surface area contributed by atoms with Crippen molar-refractivity contribution in [2.45, 2.75) is 50.6 Å². The zero-order chi connectivity index (χ0) is 22.7. The smallest absolute Gasteiger partial charge is 0.268 e. The molecule has 0 bridgehead atoms. The molecular weight excluding hydrogens is 412 g/mol. The number of hydrogen-bond acceptors (Lipinski definition) is 5. The van der Waals surface area contributed by atoms with Crippen LogP contribution in [0.15, 0.2) is 24.5 Å². The molecule has 0 radical (unpaired) electrons. The van der Waals surface area contributed by atoms with E-state index in [2.05, 4.69) is 25.9 Å². The first kappa shape index (κ1) is 21.8. The molecule has 1 aliphatic carbocycles. The minimum absolute atomic E-state index is 0.132. The van der Waals surface area contributed by atoms with E-state index in [0.29, 0.717) is 31.0 Å². The summed E-state index contributed by atoms with van der Waals surface area (Å²) in [5, 5.41) is 9.03. The first-order chi connectivity index (χ1) is 15.4. The van der Waals surface area contributed by atoms with Gasteiger partial charge in [0.25, 0.3) is 5.91 Å². The lowest BCUT2D eigenvalue weighted by Crippen LogP contribution is -2.54. The predicted molar refractivity (Wildman–Crippen MR) is 116 cm³/mol. The Bertz CT molecular complexity index is 997. The summed E-state index contributed by atoms with van der Waals surface area (Å²) in [7, 11) is 0. The van der Waals surface area contributed by atoms with Gasteiger partial charge in [0.05, 0.1) is 0 Å². The van der Waals surface area contributed by atoms with Crippen LogP contribution in [0.2, 0.25) is 0 Å². The maximum absolute atomic E-state index is 13.0. The van der Waals surface area contributed by atoms with Crippen molar-refractivity contribution < 1.29 is 19.2 Å². The second-order valence-electron chi connectivity index (χ2n) is 8.68. The van der Waals surface area contributed by atoms with Crippen LogP contribution in [0.1, 0.15) is 49.0 Å². The summed E-state index contributed by atoms with van der Waals surface area (Å²) >= 11 is 0. The Morgan fingerprint density at radius 1 is 1.16 bits per heavy atom. The van der Waals surface area contributed by atoms with E-state index in [-0.39, 0.29) is 18.2 Å². The lowest BCUT2D eigenvalue weighted by Gasteiger charge is -2.27. The van der Waals surface area contributed by atoms with Crippen molar-refractivity contribution in [3.8, 4) is 0 Å². The quantitative estimate of drug-likeness (QED) is 0.380. The van der Waals surface area contributed by atoms with Crippen molar-refractivity contribution in [2.75, 3.05) is 6.54 Å². The van der Waals surface area contributed by atoms with E-state index >= 15 is 0 Å². The maximum Gasteiger partial charge on any atom is 0.268 e. The minimum atomic E-state index is -0.978. The Hall–Kier alpha value is -3.43. The number of aromatic amines is 1. The van der Waals surface area contributed by atoms with E-state index in [4.69, 9.17) is 5.73 Å². The highest BCUT2D eigenvalue weighted by Crippen LogP contribution is 2.33. The largest absolute Gasteiger partial charge is 0.368 e. The molecule has 3 atom stereocenters. The van der Waals surface area contributed by atoms with Gasteiger partial charge in [-0.25, -0.2) is 0 Å². The number of aromatic nitrogens is 2. The third kappa shape index (κ3) is 5.24. The van der Waals surface area contributed by atoms with Crippen LogP contribution in [0.25, 0.3) is 10.9 Å². The second-order valence-corrected chi connectivity index (χ2v) is 8.68. The number of carbonyl (C=O) groups is 4. The highest BCUT2D eigenvalue weighted by molar-refractivity contribution is 6.00. The van der Waals surface area contributed by atoms with Crippen LogP contribution < -0.4 is 21.7 Å². The fourth-order valence-electron chi connectivity index (χ4n) is 4.11. The Morgan fingerprint density at radius 2 is 1.97 bits per heavy atom. The van der Waals surface area contributed by atoms with Crippen molar-refractivity contribution in [3.05, 3.63) is 30.2 Å². The van der Waals surface area contributed by atoms with Gasteiger partial charge in [-0.2, -0.15) is 0 Å². The van der Waals surface area contributed by atoms with Crippen LogP contribution >= 0.6 is 0 Å². The molecule has 2 aromatic heterocycles. The van der Waals surface area contributed by atoms with Gasteiger partial charge < -0.3 is 26.7 Å². The molecule has 170 valence electrons. The molecule has 0 aromatic carbocycles. The van der Waals surface area contributed by atoms with Crippen LogP contribution in [0, 0.1) is 11.8 Å². The van der Waals surface area contributed by atoms with Gasteiger partial charge in [0.15, 0.2) is 0 Å². The lowest BCUT2D eigenvalue weighted by atomic mass is 9.91. The van der Waals surface area contributed by atoms with E-state index in [1.807, 2.05) is 0 Å². The van der Waals surface area contributed by atoms with Gasteiger partial charge in [-0.3, -0.25) is 24.2 Å². The van der Waals surface area contributed by atoms with Gasteiger partial charge in [-0.05, 0) is 43.7 Å². The van der Waals surface area contributed by atoms with Crippen molar-refractivity contribution in [1.29, 1.82) is 0 Å². The molecule has 3 unspecified atom stereocenters. The Labute approximate surface area is 185 Å². The molecule has 10 heteroatoms. The minimum Gasteiger partial charge on any atom is -0.368 e. The first-order valence-corrected chi connectivity index (χ1v) is 11.0. The summed E-state index contributed by atoms with van der Waals surface area (Å²) in [6.45, 7) is 0.613. The molecule has 10 nitrogen and oxygen atoms in total. The predicted octanol–water partition coefficient (Wildman–Crippen LogP) is 0.348. The monoisotopic (exact) mass is 440 g/mol. The maximum atomic E-state index is 13.0. The van der Waals surface area contributed by atoms with E-state index in [1.165, 1.54) is 0 Å². The summed E-state index contributed by atoms with van der Waals surface area (Å²) in [5.74, 6) is -1.73. The molecule has 6 N–H and O–H groups in total. The number of hydrogen-bond donors (Lipinski definition) is 5. The van der Waals surface area contributed by atoms with Crippen LogP contribution in [-0.2, 0) is 14.4 Å². The highest BCUT2D eigenvalue weighted by Gasteiger charge is 2.34. The number of nitrogens with two attached hydrogens (primary N) is 1. The Balaban J connectivity index is 1.43. The molecule has 2 aromatic rings. The van der Waals surface area contributed by atoms with Gasteiger partial charge in [-0.15, -0.1) is 0 Å². The van der Waals surface area contributed by atoms with Crippen LogP contribution in [-0.4, -0.2) is 52.2 Å². The van der Waals surface area contributed by atoms with Gasteiger partial charge >= 0.3 is 0 Å². The van der Waals surface area contributed by atoms with Crippen molar-refractivity contribution >= 4 is 34.5 Å². The molecule has 3 heterocycles. The third-order valence-electron chi connectivity index (χ3n) is 6.13. The molecule has 0 spiro atoms. The molecule has 4 rings (SSSR count). The molecule has 1 aliphatic heterocycles. The zero-order valence-corrected chi connectivity index (χ0v) is 17.7. The fourth-order valence-corrected chi connectivity index (χ4v) is 4.11. The SMILES string of the molecule is NC(=O)C(CC1CCCNC1=O)NC(=O)C(CC1CC1)NC(=O)c1cc2cnccc2[nH]1. The number of H-pyrrole nitrogens is 1. The number of nitrogens with zero attached hydrogens (tertiary/aromatic N) is 1. The topological polar surface area (TPSA) is 159 Å². The number of carbonyl (C=O) groups excluding carboxylic acids is 4. The molecule has 4 amide bonds. The highest BCUT2D eigenvalue weighted by atomic mass is 16.2. The van der Waals surface area contributed by atoms with Crippen molar-refractivity contribution in [1.82, 2.24) is 25.9 Å². The van der Waals surface area contributed by atoms with Crippen LogP contribution in [0.5, 0.6) is 0 Å². The Kier molecular flexibility index (Phi) is 6.38. The number of amides is 4. The summed E-state index contributed by atoms with van der Waals surface area (Å²) < 4.78 is 0. The molecule has 32 heavy (non-hydrogen) atoms. The van der Waals surface area contributed by atoms with Gasteiger partial charge in [0.1, 0.15) is 17.8 Å². The molecule has 1 saturated carbocycles. The van der Waals surface area contributed by atoms with Crippen LogP contribution in [0.4, 0.5) is 0 Å². The van der Waals surface area contributed by atoms with E-state index in [9.17, 15) is 19.2 Å². The van der Waals surface area contributed by atoms with Gasteiger partial charge in [0, 0.05) is 35.8 Å². The Morgan fingerprint density at radius 3 is 2.66 bits per heavy atom. The number of piperidine rings is 1. The van der Waals surface area contributed by atoms with E-state index < -0.39 is 29.8 Å². The number of rotatable bonds is 9. The number of primary amides is 1. The average Bonchev–Trinajstić information content (AvgIpc) is 3.48. The van der Waals surface area contributed by atoms with Crippen molar-refractivity contribution in [3.63, 3.8) is 0 Å². The molecule has 2 fully saturated rings. The summed E-state index contributed by atoms with van der Waals surface area (Å²) in [4.78, 5) is 57.0. The first-order valence-electron chi connectivity index (χ1n) is 11.0. The number of fused-ring (bicyclic) bond motifs is 1. The fraction of sp³-hybridized carbons (Fsp3) is 0.500. The lowest BCUT2D eigenvalue weighted by molar-refractivity contribution is -0.131. The summed E-state index contributed by atoms with van der Waals surface area (Å²) in [5.41, 5.74) is 6.61. The second kappa shape index (κ2) is 9.37. The number of nitrogens with one attached hydrogen (secondary N) is 4. The number of pyridine rings is 1. The molecule has 1 saturated heterocycles. The molecule has 2 aliphatic rings. The van der Waals surface area contributed by atoms with Crippen molar-refractivity contribution in [2.24, 2.45) is 17.6 Å². The van der Waals surface area contributed by atoms with Crippen LogP contribution in [0.3, 0.4) is 0 Å². The summed E-state index contributed by atoms with van der Waals surface area (Å²) in [6, 6.07) is 1.66. The normalized spacial score (nSPS) is 20.2. The zero-order valence-electron chi connectivity index (χ0n) is 17.7. The van der Waals surface area contributed by atoms with Gasteiger partial charge in [0.2, 0.25) is 17.7 Å².